The van der Waals surface area contributed by atoms with E-state index in [1.807, 2.05) is 6.08 Å². The fourth-order valence-electron chi connectivity index (χ4n) is 3.20. The molecule has 1 aliphatic carbocycles. The molecule has 0 radical (unpaired) electrons. The largest absolute Gasteiger partial charge is 0.494 e. The summed E-state index contributed by atoms with van der Waals surface area (Å²) in [5, 5.41) is 14.7. The van der Waals surface area contributed by atoms with Crippen molar-refractivity contribution in [2.45, 2.75) is 56.2 Å². The number of aliphatic carboxylic acids is 1. The third-order valence-electron chi connectivity index (χ3n) is 4.62. The summed E-state index contributed by atoms with van der Waals surface area (Å²) in [5.74, 6) is -1.58. The molecule has 1 aliphatic heterocycles. The van der Waals surface area contributed by atoms with Gasteiger partial charge in [-0.15, -0.1) is 0 Å². The molecule has 8 heteroatoms. The number of carboxylic acids is 1. The summed E-state index contributed by atoms with van der Waals surface area (Å²) < 4.78 is 5.28. The third kappa shape index (κ3) is 5.52. The Morgan fingerprint density at radius 2 is 2.08 bits per heavy atom. The van der Waals surface area contributed by atoms with Crippen molar-refractivity contribution in [1.82, 2.24) is 10.6 Å². The van der Waals surface area contributed by atoms with Gasteiger partial charge in [0.15, 0.2) is 0 Å². The average Bonchev–Trinajstić information content (AvgIpc) is 3.13. The second-order valence-corrected chi connectivity index (χ2v) is 7.50. The Hall–Kier alpha value is -1.96. The van der Waals surface area contributed by atoms with Crippen LogP contribution in [0.2, 0.25) is 0 Å². The minimum absolute atomic E-state index is 0.158. The highest BCUT2D eigenvalue weighted by Gasteiger charge is 2.41. The van der Waals surface area contributed by atoms with Crippen LogP contribution in [0.25, 0.3) is 0 Å². The first-order valence-corrected chi connectivity index (χ1v) is 10.2. The molecule has 1 unspecified atom stereocenters. The zero-order valence-corrected chi connectivity index (χ0v) is 15.7. The smallest absolute Gasteiger partial charge is 0.327 e. The van der Waals surface area contributed by atoms with Gasteiger partial charge >= 0.3 is 5.97 Å². The van der Waals surface area contributed by atoms with Gasteiger partial charge in [0.05, 0.1) is 6.26 Å². The van der Waals surface area contributed by atoms with Crippen molar-refractivity contribution in [3.8, 4) is 0 Å². The van der Waals surface area contributed by atoms with Gasteiger partial charge in [0.25, 0.3) is 0 Å². The molecule has 3 N–H and O–H groups in total. The zero-order valence-electron chi connectivity index (χ0n) is 14.9. The highest BCUT2D eigenvalue weighted by Crippen LogP contribution is 2.29. The van der Waals surface area contributed by atoms with Crippen LogP contribution in [0.1, 0.15) is 38.5 Å². The average molecular weight is 382 g/mol. The quantitative estimate of drug-likeness (QED) is 0.551. The van der Waals surface area contributed by atoms with Gasteiger partial charge in [0.2, 0.25) is 11.8 Å². The number of carbonyl (C=O) groups excluding carboxylic acids is 2. The summed E-state index contributed by atoms with van der Waals surface area (Å²) in [4.78, 5) is 36.5. The number of amides is 2. The van der Waals surface area contributed by atoms with Crippen LogP contribution in [-0.4, -0.2) is 52.6 Å². The predicted molar refractivity (Wildman–Crippen MR) is 99.7 cm³/mol. The van der Waals surface area contributed by atoms with Gasteiger partial charge in [0.1, 0.15) is 17.7 Å². The number of hydrogen-bond acceptors (Lipinski definition) is 5. The van der Waals surface area contributed by atoms with E-state index in [-0.39, 0.29) is 17.8 Å². The summed E-state index contributed by atoms with van der Waals surface area (Å²) in [7, 11) is 0. The highest BCUT2D eigenvalue weighted by molar-refractivity contribution is 7.98. The first kappa shape index (κ1) is 20.4. The van der Waals surface area contributed by atoms with Crippen molar-refractivity contribution in [2.75, 3.05) is 12.0 Å². The Labute approximate surface area is 157 Å². The van der Waals surface area contributed by atoms with Crippen molar-refractivity contribution >= 4 is 29.5 Å². The first-order valence-electron chi connectivity index (χ1n) is 8.80. The predicted octanol–water partition coefficient (Wildman–Crippen LogP) is 1.60. The minimum atomic E-state index is -1.07. The molecule has 1 fully saturated rings. The molecule has 0 aromatic rings. The molecular formula is C18H26N2O5S. The molecule has 144 valence electrons. The monoisotopic (exact) mass is 382 g/mol. The number of thioether (sulfide) groups is 1. The molecule has 2 atom stereocenters. The van der Waals surface area contributed by atoms with Crippen molar-refractivity contribution in [2.24, 2.45) is 0 Å². The molecule has 0 aromatic carbocycles. The zero-order chi connectivity index (χ0) is 19.0. The molecule has 0 saturated heterocycles. The molecule has 1 heterocycles. The molecule has 2 aliphatic rings. The van der Waals surface area contributed by atoms with E-state index in [0.29, 0.717) is 19.3 Å². The lowest BCUT2D eigenvalue weighted by molar-refractivity contribution is -0.143. The van der Waals surface area contributed by atoms with Crippen LogP contribution in [0.5, 0.6) is 0 Å². The SMILES string of the molecule is CSC[C@H](NC(=O)C1(NC(=O)/C=C/C2CC=CO2)CCCCC1)C(=O)O. The first-order chi connectivity index (χ1) is 12.5. The molecule has 7 nitrogen and oxygen atoms in total. The van der Waals surface area contributed by atoms with E-state index >= 15 is 0 Å². The van der Waals surface area contributed by atoms with Crippen LogP contribution in [-0.2, 0) is 19.1 Å². The second-order valence-electron chi connectivity index (χ2n) is 6.59. The number of hydrogen-bond donors (Lipinski definition) is 3. The van der Waals surface area contributed by atoms with Gasteiger partial charge in [-0.25, -0.2) is 4.79 Å². The number of nitrogens with one attached hydrogen (secondary N) is 2. The summed E-state index contributed by atoms with van der Waals surface area (Å²) >= 11 is 1.35. The van der Waals surface area contributed by atoms with E-state index in [9.17, 15) is 19.5 Å². The van der Waals surface area contributed by atoms with Gasteiger partial charge in [-0.3, -0.25) is 9.59 Å². The van der Waals surface area contributed by atoms with Crippen molar-refractivity contribution in [3.05, 3.63) is 24.5 Å². The van der Waals surface area contributed by atoms with E-state index in [1.165, 1.54) is 17.8 Å². The van der Waals surface area contributed by atoms with Crippen LogP contribution in [0.4, 0.5) is 0 Å². The lowest BCUT2D eigenvalue weighted by Crippen LogP contribution is -2.62. The van der Waals surface area contributed by atoms with Crippen LogP contribution in [0, 0.1) is 0 Å². The standard InChI is InChI=1S/C18H26N2O5S/c1-26-12-14(16(22)23)19-17(24)18(9-3-2-4-10-18)20-15(21)8-7-13-6-5-11-25-13/h5,7-8,11,13-14H,2-4,6,9-10,12H2,1H3,(H,19,24)(H,20,21)(H,22,23)/b8-7+/t13?,14-/m0/s1. The van der Waals surface area contributed by atoms with Crippen LogP contribution in [0.3, 0.4) is 0 Å². The Morgan fingerprint density at radius 3 is 2.65 bits per heavy atom. The normalized spacial score (nSPS) is 22.6. The van der Waals surface area contributed by atoms with Crippen molar-refractivity contribution < 1.29 is 24.2 Å². The van der Waals surface area contributed by atoms with Crippen molar-refractivity contribution in [1.29, 1.82) is 0 Å². The second kappa shape index (κ2) is 9.66. The molecule has 2 amide bonds. The molecule has 2 rings (SSSR count). The topological polar surface area (TPSA) is 105 Å². The van der Waals surface area contributed by atoms with Gasteiger partial charge in [-0.2, -0.15) is 11.8 Å². The number of carbonyl (C=O) groups is 3. The summed E-state index contributed by atoms with van der Waals surface area (Å²) in [6, 6.07) is -0.971. The maximum atomic E-state index is 12.8. The van der Waals surface area contributed by atoms with Crippen molar-refractivity contribution in [3.63, 3.8) is 0 Å². The third-order valence-corrected chi connectivity index (χ3v) is 5.29. The maximum Gasteiger partial charge on any atom is 0.327 e. The number of rotatable bonds is 8. The van der Waals surface area contributed by atoms with E-state index in [0.717, 1.165) is 19.3 Å². The highest BCUT2D eigenvalue weighted by atomic mass is 32.2. The van der Waals surface area contributed by atoms with E-state index in [4.69, 9.17) is 4.74 Å². The Kier molecular flexibility index (Phi) is 7.56. The summed E-state index contributed by atoms with van der Waals surface area (Å²) in [6.45, 7) is 0. The van der Waals surface area contributed by atoms with E-state index in [2.05, 4.69) is 10.6 Å². The molecule has 0 bridgehead atoms. The van der Waals surface area contributed by atoms with Crippen LogP contribution < -0.4 is 10.6 Å². The van der Waals surface area contributed by atoms with Crippen LogP contribution >= 0.6 is 11.8 Å². The lowest BCUT2D eigenvalue weighted by atomic mass is 9.80. The maximum absolute atomic E-state index is 12.8. The van der Waals surface area contributed by atoms with Gasteiger partial charge in [-0.1, -0.05) is 19.3 Å². The molecular weight excluding hydrogens is 356 g/mol. The Morgan fingerprint density at radius 1 is 1.35 bits per heavy atom. The van der Waals surface area contributed by atoms with Gasteiger partial charge in [-0.05, 0) is 31.2 Å². The van der Waals surface area contributed by atoms with E-state index < -0.39 is 23.5 Å². The fourth-order valence-corrected chi connectivity index (χ4v) is 3.76. The molecule has 26 heavy (non-hydrogen) atoms. The molecule has 1 saturated carbocycles. The Balaban J connectivity index is 2.04. The lowest BCUT2D eigenvalue weighted by Gasteiger charge is -2.37. The van der Waals surface area contributed by atoms with Crippen LogP contribution in [0.15, 0.2) is 24.5 Å². The van der Waals surface area contributed by atoms with Gasteiger partial charge < -0.3 is 20.5 Å². The Bertz CT molecular complexity index is 576. The van der Waals surface area contributed by atoms with E-state index in [1.54, 1.807) is 18.6 Å². The fraction of sp³-hybridized carbons (Fsp3) is 0.611. The summed E-state index contributed by atoms with van der Waals surface area (Å²) in [6.07, 6.45) is 12.5. The minimum Gasteiger partial charge on any atom is -0.494 e. The number of carboxylic acid groups (broad SMARTS) is 1. The van der Waals surface area contributed by atoms with Gasteiger partial charge in [0, 0.05) is 18.2 Å². The molecule has 0 spiro atoms. The molecule has 0 aromatic heterocycles. The number of ether oxygens (including phenoxy) is 1. The summed E-state index contributed by atoms with van der Waals surface area (Å²) in [5.41, 5.74) is -1.05.